The molecule has 9 heteroatoms. The van der Waals surface area contributed by atoms with Gasteiger partial charge in [0.15, 0.2) is 0 Å². The Morgan fingerprint density at radius 2 is 1.96 bits per heavy atom. The Bertz CT molecular complexity index is 1120. The lowest BCUT2D eigenvalue weighted by atomic mass is 9.51. The minimum absolute atomic E-state index is 0.00361. The summed E-state index contributed by atoms with van der Waals surface area (Å²) in [6.45, 7) is 12.9. The molecule has 2 fully saturated rings. The van der Waals surface area contributed by atoms with Crippen LogP contribution in [-0.4, -0.2) is 105 Å². The maximum absolute atomic E-state index is 12.4. The summed E-state index contributed by atoms with van der Waals surface area (Å²) in [5.74, 6) is -0.514. The van der Waals surface area contributed by atoms with Crippen LogP contribution in [0.1, 0.15) is 85.0 Å². The minimum atomic E-state index is -1.15. The van der Waals surface area contributed by atoms with E-state index in [1.54, 1.807) is 7.11 Å². The van der Waals surface area contributed by atoms with Gasteiger partial charge in [-0.15, -0.1) is 0 Å². The number of hydrogen-bond acceptors (Lipinski definition) is 9. The van der Waals surface area contributed by atoms with Crippen LogP contribution in [0.2, 0.25) is 0 Å². The largest absolute Gasteiger partial charge is 0.396 e. The molecule has 0 aliphatic heterocycles. The number of carbonyl (C=O) groups is 1. The maximum atomic E-state index is 12.4. The van der Waals surface area contributed by atoms with E-state index in [1.807, 2.05) is 32.2 Å². The average molecular weight is 675 g/mol. The summed E-state index contributed by atoms with van der Waals surface area (Å²) in [4.78, 5) is 12.0. The van der Waals surface area contributed by atoms with Crippen molar-refractivity contribution < 1.29 is 34.7 Å². The third-order valence-corrected chi connectivity index (χ3v) is 10.7. The molecule has 0 radical (unpaired) electrons. The molecule has 6 atom stereocenters. The maximum Gasteiger partial charge on any atom is 0.145 e. The van der Waals surface area contributed by atoms with Gasteiger partial charge in [-0.2, -0.15) is 0 Å². The predicted octanol–water partition coefficient (Wildman–Crippen LogP) is 4.57. The van der Waals surface area contributed by atoms with Gasteiger partial charge in [0.1, 0.15) is 6.29 Å². The standard InChI is InChI=1S/C39H66N2O7/c1-29(10-7-12-30(2)26-41-32(4)17-24-47-6)11-8-13-33(28-48-25-23-43)35-16-19-39(37(35)45)36(14-9-22-42)34(31(3)27-44)15-18-38(39,46)20-21-40-5/h8,11-13,27,32,35-37,40-43,45-46H,1,7,9-10,14-26,28H2,2-6H3. The van der Waals surface area contributed by atoms with Crippen LogP contribution in [0.4, 0.5) is 0 Å². The van der Waals surface area contributed by atoms with Gasteiger partial charge in [0, 0.05) is 44.2 Å². The Hall–Kier alpha value is -1.95. The zero-order chi connectivity index (χ0) is 35.6. The van der Waals surface area contributed by atoms with Gasteiger partial charge in [0.25, 0.3) is 0 Å². The fraction of sp³-hybridized carbons (Fsp3) is 0.718. The summed E-state index contributed by atoms with van der Waals surface area (Å²) in [6.07, 6.45) is 14.8. The van der Waals surface area contributed by atoms with Crippen LogP contribution in [0, 0.1) is 17.3 Å². The van der Waals surface area contributed by atoms with Gasteiger partial charge in [0.2, 0.25) is 0 Å². The van der Waals surface area contributed by atoms with E-state index in [1.165, 1.54) is 5.57 Å². The van der Waals surface area contributed by atoms with Crippen LogP contribution < -0.4 is 10.6 Å². The lowest BCUT2D eigenvalue weighted by molar-refractivity contribution is -0.180. The van der Waals surface area contributed by atoms with E-state index >= 15 is 0 Å². The number of rotatable bonds is 23. The molecule has 0 aromatic carbocycles. The van der Waals surface area contributed by atoms with Crippen LogP contribution >= 0.6 is 0 Å². The highest BCUT2D eigenvalue weighted by Gasteiger charge is 2.65. The van der Waals surface area contributed by atoms with Crippen LogP contribution in [0.3, 0.4) is 0 Å². The van der Waals surface area contributed by atoms with Gasteiger partial charge in [-0.25, -0.2) is 0 Å². The summed E-state index contributed by atoms with van der Waals surface area (Å²) in [5.41, 5.74) is 2.80. The number of aldehydes is 1. The van der Waals surface area contributed by atoms with E-state index in [4.69, 9.17) is 9.47 Å². The normalized spacial score (nSPS) is 28.4. The summed E-state index contributed by atoms with van der Waals surface area (Å²) >= 11 is 0. The molecule has 2 saturated carbocycles. The van der Waals surface area contributed by atoms with Crippen molar-refractivity contribution in [2.75, 3.05) is 60.3 Å². The first-order chi connectivity index (χ1) is 23.0. The second-order valence-corrected chi connectivity index (χ2v) is 13.9. The van der Waals surface area contributed by atoms with Crippen molar-refractivity contribution in [1.29, 1.82) is 0 Å². The molecule has 274 valence electrons. The molecule has 2 rings (SSSR count). The van der Waals surface area contributed by atoms with Gasteiger partial charge in [-0.1, -0.05) is 47.6 Å². The molecule has 2 aliphatic rings. The van der Waals surface area contributed by atoms with E-state index < -0.39 is 17.1 Å². The van der Waals surface area contributed by atoms with Crippen LogP contribution in [0.5, 0.6) is 0 Å². The molecule has 0 bridgehead atoms. The number of hydrogen-bond donors (Lipinski definition) is 6. The summed E-state index contributed by atoms with van der Waals surface area (Å²) in [6, 6.07) is 0.396. The van der Waals surface area contributed by atoms with E-state index in [0.29, 0.717) is 63.1 Å². The molecular weight excluding hydrogens is 608 g/mol. The molecule has 48 heavy (non-hydrogen) atoms. The number of aliphatic hydroxyl groups is 4. The van der Waals surface area contributed by atoms with Crippen molar-refractivity contribution in [3.63, 3.8) is 0 Å². The number of aliphatic hydroxyl groups excluding tert-OH is 3. The lowest BCUT2D eigenvalue weighted by Crippen LogP contribution is -2.61. The molecule has 0 aromatic rings. The molecule has 2 aliphatic carbocycles. The van der Waals surface area contributed by atoms with Gasteiger partial charge in [-0.05, 0) is 116 Å². The second-order valence-electron chi connectivity index (χ2n) is 13.9. The van der Waals surface area contributed by atoms with Crippen molar-refractivity contribution in [2.45, 2.75) is 103 Å². The monoisotopic (exact) mass is 674 g/mol. The Balaban J connectivity index is 2.31. The minimum Gasteiger partial charge on any atom is -0.396 e. The third kappa shape index (κ3) is 11.6. The third-order valence-electron chi connectivity index (χ3n) is 10.7. The van der Waals surface area contributed by atoms with Crippen molar-refractivity contribution in [3.8, 4) is 0 Å². The first-order valence-electron chi connectivity index (χ1n) is 18.0. The van der Waals surface area contributed by atoms with E-state index in [2.05, 4.69) is 37.1 Å². The Morgan fingerprint density at radius 3 is 2.62 bits per heavy atom. The van der Waals surface area contributed by atoms with Gasteiger partial charge in [-0.3, -0.25) is 4.79 Å². The van der Waals surface area contributed by atoms with Gasteiger partial charge in [0.05, 0.1) is 31.5 Å². The first-order valence-corrected chi connectivity index (χ1v) is 18.0. The number of nitrogens with one attached hydrogen (secondary N) is 2. The summed E-state index contributed by atoms with van der Waals surface area (Å²) < 4.78 is 11.0. The highest BCUT2D eigenvalue weighted by Crippen LogP contribution is 2.63. The number of carbonyl (C=O) groups excluding carboxylic acids is 1. The highest BCUT2D eigenvalue weighted by molar-refractivity contribution is 5.74. The number of allylic oxidation sites excluding steroid dienone is 7. The van der Waals surface area contributed by atoms with Crippen molar-refractivity contribution in [3.05, 3.63) is 58.7 Å². The lowest BCUT2D eigenvalue weighted by Gasteiger charge is -2.57. The SMILES string of the molecule is C=C(C=CC=C(COCCO)C1CCC2(C(CCCO)C(=C(C)C=O)CCC2(O)CCNC)C1O)CCC=C(C)CNC(C)CCOC. The van der Waals surface area contributed by atoms with Crippen molar-refractivity contribution in [2.24, 2.45) is 17.3 Å². The molecule has 0 heterocycles. The topological polar surface area (TPSA) is 141 Å². The van der Waals surface area contributed by atoms with Gasteiger partial charge >= 0.3 is 0 Å². The second kappa shape index (κ2) is 22.0. The van der Waals surface area contributed by atoms with Crippen molar-refractivity contribution >= 4 is 6.29 Å². The molecule has 0 saturated heterocycles. The Morgan fingerprint density at radius 1 is 1.19 bits per heavy atom. The zero-order valence-electron chi connectivity index (χ0n) is 30.4. The average Bonchev–Trinajstić information content (AvgIpc) is 3.42. The predicted molar refractivity (Wildman–Crippen MR) is 194 cm³/mol. The molecule has 0 amide bonds. The van der Waals surface area contributed by atoms with Crippen molar-refractivity contribution in [1.82, 2.24) is 10.6 Å². The van der Waals surface area contributed by atoms with E-state index in [-0.39, 0.29) is 38.3 Å². The molecule has 9 nitrogen and oxygen atoms in total. The smallest absolute Gasteiger partial charge is 0.145 e. The quantitative estimate of drug-likeness (QED) is 0.0302. The van der Waals surface area contributed by atoms with Crippen LogP contribution in [0.15, 0.2) is 58.7 Å². The Labute approximate surface area is 290 Å². The summed E-state index contributed by atoms with van der Waals surface area (Å²) in [7, 11) is 3.58. The zero-order valence-corrected chi connectivity index (χ0v) is 30.4. The molecule has 0 aromatic heterocycles. The number of ether oxygens (including phenoxy) is 2. The molecule has 1 spiro atoms. The highest BCUT2D eigenvalue weighted by atomic mass is 16.5. The fourth-order valence-electron chi connectivity index (χ4n) is 7.92. The molecule has 6 unspecified atom stereocenters. The van der Waals surface area contributed by atoms with E-state index in [9.17, 15) is 25.2 Å². The van der Waals surface area contributed by atoms with Gasteiger partial charge < -0.3 is 40.5 Å². The van der Waals surface area contributed by atoms with Crippen LogP contribution in [-0.2, 0) is 14.3 Å². The number of methoxy groups -OCH3 is 1. The van der Waals surface area contributed by atoms with Crippen LogP contribution in [0.25, 0.3) is 0 Å². The molecule has 6 N–H and O–H groups in total. The fourth-order valence-corrected chi connectivity index (χ4v) is 7.92. The summed E-state index contributed by atoms with van der Waals surface area (Å²) in [5, 5.41) is 50.8. The Kier molecular flexibility index (Phi) is 19.3. The first kappa shape index (κ1) is 42.2. The van der Waals surface area contributed by atoms with E-state index in [0.717, 1.165) is 55.4 Å². The molecular formula is C39H66N2O7.